The van der Waals surface area contributed by atoms with Gasteiger partial charge in [0.05, 0.1) is 5.52 Å². The molecule has 0 fully saturated rings. The van der Waals surface area contributed by atoms with Crippen LogP contribution in [0.15, 0.2) is 64.3 Å². The monoisotopic (exact) mass is 343 g/mol. The summed E-state index contributed by atoms with van der Waals surface area (Å²) >= 11 is 5.80. The van der Waals surface area contributed by atoms with Crippen molar-refractivity contribution < 1.29 is 9.21 Å². The third-order valence-corrected chi connectivity index (χ3v) is 3.59. The van der Waals surface area contributed by atoms with E-state index in [1.165, 1.54) is 4.57 Å². The summed E-state index contributed by atoms with van der Waals surface area (Å²) in [7, 11) is 0. The summed E-state index contributed by atoms with van der Waals surface area (Å²) < 4.78 is 6.64. The molecular weight excluding hydrogens is 330 g/mol. The number of nitrogens with one attached hydrogen (secondary N) is 2. The molecule has 24 heavy (non-hydrogen) atoms. The standard InChI is InChI=1S/C17H14ClN3O3/c1-2-9-21-14-8-7-13(10-15(14)24-17(21)23)20-16(22)19-12-5-3-11(18)4-6-12/h2-8,10H,1,9H2,(H2,19,20,22). The Morgan fingerprint density at radius 2 is 1.83 bits per heavy atom. The van der Waals surface area contributed by atoms with Crippen LogP contribution >= 0.6 is 11.6 Å². The van der Waals surface area contributed by atoms with Crippen molar-refractivity contribution in [3.05, 3.63) is 70.7 Å². The average Bonchev–Trinajstić information content (AvgIpc) is 2.85. The molecule has 2 N–H and O–H groups in total. The van der Waals surface area contributed by atoms with Crippen molar-refractivity contribution in [1.82, 2.24) is 4.57 Å². The number of aromatic nitrogens is 1. The quantitative estimate of drug-likeness (QED) is 0.701. The van der Waals surface area contributed by atoms with Crippen molar-refractivity contribution in [1.29, 1.82) is 0 Å². The molecule has 0 unspecified atom stereocenters. The molecule has 0 saturated carbocycles. The predicted octanol–water partition coefficient (Wildman–Crippen LogP) is 4.08. The largest absolute Gasteiger partial charge is 0.420 e. The van der Waals surface area contributed by atoms with Crippen LogP contribution in [0.3, 0.4) is 0 Å². The molecule has 3 aromatic rings. The Morgan fingerprint density at radius 1 is 1.17 bits per heavy atom. The first-order chi connectivity index (χ1) is 11.6. The summed E-state index contributed by atoms with van der Waals surface area (Å²) in [6, 6.07) is 11.3. The van der Waals surface area contributed by atoms with Crippen LogP contribution in [0.1, 0.15) is 0 Å². The fraction of sp³-hybridized carbons (Fsp3) is 0.0588. The molecule has 0 spiro atoms. The van der Waals surface area contributed by atoms with Crippen LogP contribution < -0.4 is 16.4 Å². The van der Waals surface area contributed by atoms with Gasteiger partial charge >= 0.3 is 11.8 Å². The van der Waals surface area contributed by atoms with Gasteiger partial charge in [0, 0.05) is 29.0 Å². The molecular formula is C17H14ClN3O3. The van der Waals surface area contributed by atoms with Crippen molar-refractivity contribution in [2.45, 2.75) is 6.54 Å². The van der Waals surface area contributed by atoms with Crippen molar-refractivity contribution in [3.8, 4) is 0 Å². The van der Waals surface area contributed by atoms with Gasteiger partial charge in [0.2, 0.25) is 0 Å². The average molecular weight is 344 g/mol. The number of amides is 2. The number of hydrogen-bond donors (Lipinski definition) is 2. The molecule has 6 nitrogen and oxygen atoms in total. The number of hydrogen-bond acceptors (Lipinski definition) is 3. The number of rotatable bonds is 4. The molecule has 2 amide bonds. The lowest BCUT2D eigenvalue weighted by Gasteiger charge is -2.07. The molecule has 0 aliphatic carbocycles. The van der Waals surface area contributed by atoms with E-state index in [4.69, 9.17) is 16.0 Å². The molecule has 3 rings (SSSR count). The minimum absolute atomic E-state index is 0.357. The van der Waals surface area contributed by atoms with E-state index in [2.05, 4.69) is 17.2 Å². The molecule has 0 aliphatic rings. The van der Waals surface area contributed by atoms with Crippen molar-refractivity contribution in [3.63, 3.8) is 0 Å². The number of benzene rings is 2. The summed E-state index contributed by atoms with van der Waals surface area (Å²) in [6.45, 7) is 3.97. The summed E-state index contributed by atoms with van der Waals surface area (Å²) in [6.07, 6.45) is 1.61. The van der Waals surface area contributed by atoms with E-state index in [-0.39, 0.29) is 0 Å². The zero-order chi connectivity index (χ0) is 17.1. The third-order valence-electron chi connectivity index (χ3n) is 3.34. The Hall–Kier alpha value is -2.99. The van der Waals surface area contributed by atoms with Crippen LogP contribution in [-0.2, 0) is 6.54 Å². The van der Waals surface area contributed by atoms with Crippen molar-refractivity contribution in [2.75, 3.05) is 10.6 Å². The molecule has 0 radical (unpaired) electrons. The van der Waals surface area contributed by atoms with Crippen LogP contribution in [-0.4, -0.2) is 10.6 Å². The van der Waals surface area contributed by atoms with Gasteiger partial charge in [0.25, 0.3) is 0 Å². The SMILES string of the molecule is C=CCn1c(=O)oc2cc(NC(=O)Nc3ccc(Cl)cc3)ccc21. The zero-order valence-electron chi connectivity index (χ0n) is 12.6. The van der Waals surface area contributed by atoms with Crippen LogP contribution in [0, 0.1) is 0 Å². The van der Waals surface area contributed by atoms with Gasteiger partial charge in [-0.1, -0.05) is 17.7 Å². The summed E-state index contributed by atoms with van der Waals surface area (Å²) in [5, 5.41) is 5.95. The normalized spacial score (nSPS) is 10.5. The lowest BCUT2D eigenvalue weighted by molar-refractivity contribution is 0.262. The maximum atomic E-state index is 12.0. The first-order valence-corrected chi connectivity index (χ1v) is 7.52. The topological polar surface area (TPSA) is 76.3 Å². The van der Waals surface area contributed by atoms with Gasteiger partial charge in [-0.2, -0.15) is 0 Å². The second-order valence-electron chi connectivity index (χ2n) is 5.04. The Labute approximate surface area is 142 Å². The fourth-order valence-corrected chi connectivity index (χ4v) is 2.40. The number of halogens is 1. The molecule has 0 saturated heterocycles. The maximum Gasteiger partial charge on any atom is 0.420 e. The highest BCUT2D eigenvalue weighted by molar-refractivity contribution is 6.30. The Balaban J connectivity index is 1.77. The second kappa shape index (κ2) is 6.64. The van der Waals surface area contributed by atoms with E-state index in [1.54, 1.807) is 48.5 Å². The van der Waals surface area contributed by atoms with Gasteiger partial charge in [-0.25, -0.2) is 9.59 Å². The highest BCUT2D eigenvalue weighted by atomic mass is 35.5. The van der Waals surface area contributed by atoms with Crippen molar-refractivity contribution in [2.24, 2.45) is 0 Å². The number of oxazole rings is 1. The van der Waals surface area contributed by atoms with Gasteiger partial charge in [0.15, 0.2) is 5.58 Å². The number of carbonyl (C=O) groups excluding carboxylic acids is 1. The molecule has 0 bridgehead atoms. The van der Waals surface area contributed by atoms with E-state index in [0.717, 1.165) is 0 Å². The van der Waals surface area contributed by atoms with Gasteiger partial charge < -0.3 is 15.1 Å². The second-order valence-corrected chi connectivity index (χ2v) is 5.47. The smallest absolute Gasteiger partial charge is 0.408 e. The molecule has 2 aromatic carbocycles. The number of nitrogens with zero attached hydrogens (tertiary/aromatic N) is 1. The van der Waals surface area contributed by atoms with E-state index >= 15 is 0 Å². The minimum atomic E-state index is -0.465. The number of anilines is 2. The van der Waals surface area contributed by atoms with E-state index in [9.17, 15) is 9.59 Å². The number of urea groups is 1. The van der Waals surface area contributed by atoms with E-state index < -0.39 is 11.8 Å². The number of allylic oxidation sites excluding steroid dienone is 1. The number of fused-ring (bicyclic) bond motifs is 1. The minimum Gasteiger partial charge on any atom is -0.408 e. The summed E-state index contributed by atoms with van der Waals surface area (Å²) in [5.41, 5.74) is 2.16. The summed E-state index contributed by atoms with van der Waals surface area (Å²) in [4.78, 5) is 23.8. The Morgan fingerprint density at radius 3 is 2.54 bits per heavy atom. The van der Waals surface area contributed by atoms with Gasteiger partial charge in [-0.15, -0.1) is 6.58 Å². The first kappa shape index (κ1) is 15.9. The van der Waals surface area contributed by atoms with Crippen LogP contribution in [0.4, 0.5) is 16.2 Å². The molecule has 0 aliphatic heterocycles. The Bertz CT molecular complexity index is 957. The fourth-order valence-electron chi connectivity index (χ4n) is 2.27. The third kappa shape index (κ3) is 3.33. The van der Waals surface area contributed by atoms with E-state index in [0.29, 0.717) is 34.0 Å². The van der Waals surface area contributed by atoms with Gasteiger partial charge in [-0.05, 0) is 36.4 Å². The van der Waals surface area contributed by atoms with Crippen molar-refractivity contribution >= 4 is 40.1 Å². The molecule has 1 aromatic heterocycles. The Kier molecular flexibility index (Phi) is 4.39. The highest BCUT2D eigenvalue weighted by Crippen LogP contribution is 2.19. The van der Waals surface area contributed by atoms with E-state index in [1.807, 2.05) is 0 Å². The maximum absolute atomic E-state index is 12.0. The first-order valence-electron chi connectivity index (χ1n) is 7.14. The molecule has 0 atom stereocenters. The highest BCUT2D eigenvalue weighted by Gasteiger charge is 2.10. The van der Waals surface area contributed by atoms with Gasteiger partial charge in [-0.3, -0.25) is 4.57 Å². The predicted molar refractivity (Wildman–Crippen MR) is 94.8 cm³/mol. The molecule has 1 heterocycles. The van der Waals surface area contributed by atoms with Gasteiger partial charge in [0.1, 0.15) is 0 Å². The molecule has 7 heteroatoms. The lowest BCUT2D eigenvalue weighted by atomic mass is 10.3. The molecule has 122 valence electrons. The summed E-state index contributed by atoms with van der Waals surface area (Å²) in [5.74, 6) is -0.465. The van der Waals surface area contributed by atoms with Crippen LogP contribution in [0.25, 0.3) is 11.1 Å². The van der Waals surface area contributed by atoms with Crippen LogP contribution in [0.5, 0.6) is 0 Å². The van der Waals surface area contributed by atoms with Crippen LogP contribution in [0.2, 0.25) is 5.02 Å². The lowest BCUT2D eigenvalue weighted by Crippen LogP contribution is -2.19. The zero-order valence-corrected chi connectivity index (χ0v) is 13.3. The number of carbonyl (C=O) groups is 1.